The number of amides is 1. The summed E-state index contributed by atoms with van der Waals surface area (Å²) in [6, 6.07) is 12.3. The Morgan fingerprint density at radius 3 is 2.38 bits per heavy atom. The summed E-state index contributed by atoms with van der Waals surface area (Å²) in [6.07, 6.45) is 3.24. The molecule has 0 aliphatic carbocycles. The molecule has 2 aliphatic rings. The van der Waals surface area contributed by atoms with E-state index in [1.54, 1.807) is 36.4 Å². The summed E-state index contributed by atoms with van der Waals surface area (Å²) in [4.78, 5) is 30.1. The van der Waals surface area contributed by atoms with E-state index in [9.17, 15) is 23.1 Å². The highest BCUT2D eigenvalue weighted by Gasteiger charge is 2.46. The molecule has 0 spiro atoms. The van der Waals surface area contributed by atoms with E-state index < -0.39 is 33.5 Å². The second-order valence-electron chi connectivity index (χ2n) is 10.1. The molecule has 1 N–H and O–H groups in total. The van der Waals surface area contributed by atoms with Crippen LogP contribution < -0.4 is 4.74 Å². The standard InChI is InChI=1S/C29H37N3O6S/c1-4-38-23-14-12-21(13-15-23)26-25(28(34)29(35)32(26)19-9-16-30(2)3)27(33)22-10-8-11-24(20-22)39(36,37)31-17-6-5-7-18-31/h8,10-15,20,26,33H,4-7,9,16-19H2,1-3H3/b27-25+. The number of carbonyl (C=O) groups is 2. The van der Waals surface area contributed by atoms with Gasteiger partial charge in [0.1, 0.15) is 11.5 Å². The van der Waals surface area contributed by atoms with Crippen LogP contribution >= 0.6 is 0 Å². The molecule has 2 aliphatic heterocycles. The predicted molar refractivity (Wildman–Crippen MR) is 149 cm³/mol. The van der Waals surface area contributed by atoms with Crippen LogP contribution in [-0.2, 0) is 19.6 Å². The number of benzene rings is 2. The summed E-state index contributed by atoms with van der Waals surface area (Å²) in [6.45, 7) is 4.32. The molecule has 1 unspecified atom stereocenters. The second-order valence-corrected chi connectivity index (χ2v) is 12.1. The van der Waals surface area contributed by atoms with Crippen molar-refractivity contribution in [2.24, 2.45) is 0 Å². The van der Waals surface area contributed by atoms with Crippen LogP contribution in [0.5, 0.6) is 5.75 Å². The number of sulfonamides is 1. The highest BCUT2D eigenvalue weighted by molar-refractivity contribution is 7.89. The molecule has 2 aromatic rings. The Kier molecular flexibility index (Phi) is 9.09. The smallest absolute Gasteiger partial charge is 0.295 e. The highest BCUT2D eigenvalue weighted by atomic mass is 32.2. The fourth-order valence-electron chi connectivity index (χ4n) is 5.14. The molecule has 39 heavy (non-hydrogen) atoms. The van der Waals surface area contributed by atoms with Gasteiger partial charge in [-0.25, -0.2) is 8.42 Å². The molecule has 9 nitrogen and oxygen atoms in total. The first kappa shape index (κ1) is 28.8. The number of ketones is 1. The molecular formula is C29H37N3O6S. The Bertz CT molecular complexity index is 1330. The number of hydrogen-bond donors (Lipinski definition) is 1. The van der Waals surface area contributed by atoms with Crippen LogP contribution in [0.2, 0.25) is 0 Å². The van der Waals surface area contributed by atoms with Gasteiger partial charge in [-0.05, 0) is 76.7 Å². The van der Waals surface area contributed by atoms with Crippen LogP contribution in [-0.4, -0.2) is 86.2 Å². The summed E-state index contributed by atoms with van der Waals surface area (Å²) in [5, 5.41) is 11.4. The van der Waals surface area contributed by atoms with Gasteiger partial charge in [0, 0.05) is 25.2 Å². The van der Waals surface area contributed by atoms with Gasteiger partial charge in [-0.2, -0.15) is 4.31 Å². The molecule has 0 aromatic heterocycles. The van der Waals surface area contributed by atoms with Gasteiger partial charge in [-0.1, -0.05) is 30.7 Å². The Morgan fingerprint density at radius 1 is 1.05 bits per heavy atom. The minimum Gasteiger partial charge on any atom is -0.507 e. The largest absolute Gasteiger partial charge is 0.507 e. The maximum absolute atomic E-state index is 13.3. The van der Waals surface area contributed by atoms with E-state index in [0.29, 0.717) is 44.0 Å². The maximum atomic E-state index is 13.3. The van der Waals surface area contributed by atoms with Gasteiger partial charge in [0.05, 0.1) is 23.1 Å². The first-order valence-electron chi connectivity index (χ1n) is 13.4. The molecule has 10 heteroatoms. The number of nitrogens with zero attached hydrogens (tertiary/aromatic N) is 3. The molecular weight excluding hydrogens is 518 g/mol. The lowest BCUT2D eigenvalue weighted by Crippen LogP contribution is -2.35. The van der Waals surface area contributed by atoms with Gasteiger partial charge < -0.3 is 19.6 Å². The summed E-state index contributed by atoms with van der Waals surface area (Å²) >= 11 is 0. The second kappa shape index (κ2) is 12.3. The van der Waals surface area contributed by atoms with Gasteiger partial charge in [0.25, 0.3) is 11.7 Å². The van der Waals surface area contributed by atoms with Gasteiger partial charge >= 0.3 is 0 Å². The Hall–Kier alpha value is -3.21. The zero-order valence-corrected chi connectivity index (χ0v) is 23.6. The maximum Gasteiger partial charge on any atom is 0.295 e. The number of hydrogen-bond acceptors (Lipinski definition) is 7. The number of Topliss-reactive ketones (excluding diaryl/α,β-unsaturated/α-hetero) is 1. The molecule has 0 saturated carbocycles. The summed E-state index contributed by atoms with van der Waals surface area (Å²) < 4.78 is 33.6. The van der Waals surface area contributed by atoms with Crippen LogP contribution in [0.3, 0.4) is 0 Å². The van der Waals surface area contributed by atoms with Gasteiger partial charge in [0.15, 0.2) is 0 Å². The van der Waals surface area contributed by atoms with E-state index in [0.717, 1.165) is 25.8 Å². The van der Waals surface area contributed by atoms with Crippen molar-refractivity contribution in [2.75, 3.05) is 46.9 Å². The number of ether oxygens (including phenoxy) is 1. The number of rotatable bonds is 10. The topological polar surface area (TPSA) is 107 Å². The highest BCUT2D eigenvalue weighted by Crippen LogP contribution is 2.40. The fourth-order valence-corrected chi connectivity index (χ4v) is 6.70. The van der Waals surface area contributed by atoms with E-state index in [2.05, 4.69) is 0 Å². The van der Waals surface area contributed by atoms with Gasteiger partial charge in [-0.3, -0.25) is 9.59 Å². The van der Waals surface area contributed by atoms with E-state index in [-0.39, 0.29) is 16.0 Å². The monoisotopic (exact) mass is 555 g/mol. The van der Waals surface area contributed by atoms with Crippen LogP contribution in [0.4, 0.5) is 0 Å². The first-order chi connectivity index (χ1) is 18.6. The number of aliphatic hydroxyl groups excluding tert-OH is 1. The number of aliphatic hydroxyl groups is 1. The Labute approximate surface area is 230 Å². The number of piperidine rings is 1. The molecule has 1 atom stereocenters. The summed E-state index contributed by atoms with van der Waals surface area (Å²) in [7, 11) is 0.113. The SMILES string of the molecule is CCOc1ccc(C2/C(=C(\O)c3cccc(S(=O)(=O)N4CCCCC4)c3)C(=O)C(=O)N2CCCN(C)C)cc1. The van der Waals surface area contributed by atoms with Crippen molar-refractivity contribution in [2.45, 2.75) is 43.5 Å². The lowest BCUT2D eigenvalue weighted by Gasteiger charge is -2.26. The van der Waals surface area contributed by atoms with Crippen molar-refractivity contribution in [3.05, 3.63) is 65.2 Å². The van der Waals surface area contributed by atoms with E-state index in [4.69, 9.17) is 4.74 Å². The van der Waals surface area contributed by atoms with E-state index in [1.165, 1.54) is 21.3 Å². The average molecular weight is 556 g/mol. The Morgan fingerprint density at radius 2 is 1.74 bits per heavy atom. The Balaban J connectivity index is 1.76. The molecule has 210 valence electrons. The molecule has 2 fully saturated rings. The molecule has 2 aromatic carbocycles. The van der Waals surface area contributed by atoms with Crippen molar-refractivity contribution in [1.29, 1.82) is 0 Å². The summed E-state index contributed by atoms with van der Waals surface area (Å²) in [5.41, 5.74) is 0.776. The minimum atomic E-state index is -3.75. The van der Waals surface area contributed by atoms with E-state index >= 15 is 0 Å². The third-order valence-electron chi connectivity index (χ3n) is 7.11. The quantitative estimate of drug-likeness (QED) is 0.271. The van der Waals surface area contributed by atoms with Crippen molar-refractivity contribution in [1.82, 2.24) is 14.1 Å². The first-order valence-corrected chi connectivity index (χ1v) is 14.9. The van der Waals surface area contributed by atoms with Gasteiger partial charge in [0.2, 0.25) is 10.0 Å². The molecule has 0 radical (unpaired) electrons. The average Bonchev–Trinajstić information content (AvgIpc) is 3.18. The lowest BCUT2D eigenvalue weighted by atomic mass is 9.95. The predicted octanol–water partition coefficient (Wildman–Crippen LogP) is 3.63. The zero-order chi connectivity index (χ0) is 28.2. The zero-order valence-electron chi connectivity index (χ0n) is 22.8. The number of carbonyl (C=O) groups excluding carboxylic acids is 2. The van der Waals surface area contributed by atoms with Crippen LogP contribution in [0.15, 0.2) is 59.0 Å². The van der Waals surface area contributed by atoms with Crippen molar-refractivity contribution >= 4 is 27.5 Å². The van der Waals surface area contributed by atoms with Crippen LogP contribution in [0.1, 0.15) is 49.8 Å². The van der Waals surface area contributed by atoms with Crippen molar-refractivity contribution < 1.29 is 27.9 Å². The molecule has 2 saturated heterocycles. The molecule has 4 rings (SSSR count). The fraction of sp³-hybridized carbons (Fsp3) is 0.448. The normalized spacial score (nSPS) is 20.1. The van der Waals surface area contributed by atoms with Crippen LogP contribution in [0.25, 0.3) is 5.76 Å². The van der Waals surface area contributed by atoms with E-state index in [1.807, 2.05) is 25.9 Å². The third kappa shape index (κ3) is 6.18. The third-order valence-corrected chi connectivity index (χ3v) is 9.01. The van der Waals surface area contributed by atoms with Crippen LogP contribution in [0, 0.1) is 0 Å². The van der Waals surface area contributed by atoms with Crippen molar-refractivity contribution in [3.63, 3.8) is 0 Å². The minimum absolute atomic E-state index is 0.0475. The van der Waals surface area contributed by atoms with Crippen molar-refractivity contribution in [3.8, 4) is 5.75 Å². The molecule has 1 amide bonds. The lowest BCUT2D eigenvalue weighted by molar-refractivity contribution is -0.139. The number of likely N-dealkylation sites (tertiary alicyclic amines) is 1. The van der Waals surface area contributed by atoms with Gasteiger partial charge in [-0.15, -0.1) is 0 Å². The molecule has 0 bridgehead atoms. The summed E-state index contributed by atoms with van der Waals surface area (Å²) in [5.74, 6) is -1.22. The molecule has 2 heterocycles.